The van der Waals surface area contributed by atoms with Crippen molar-refractivity contribution >= 4 is 17.7 Å². The van der Waals surface area contributed by atoms with E-state index < -0.39 is 5.56 Å². The standard InChI is InChI=1S/C13H19N3O2S/c1-8-4-6-19-7-5-16(8)13(18)11-9(2)10(3)14-15-12(11)17/h8H,4-7H2,1-3H3,(H,15,17). The van der Waals surface area contributed by atoms with Gasteiger partial charge in [-0.3, -0.25) is 9.59 Å². The Kier molecular flexibility index (Phi) is 4.29. The summed E-state index contributed by atoms with van der Waals surface area (Å²) in [6, 6.07) is 0.176. The fourth-order valence-electron chi connectivity index (χ4n) is 2.22. The Morgan fingerprint density at radius 1 is 1.42 bits per heavy atom. The Morgan fingerprint density at radius 3 is 2.89 bits per heavy atom. The molecule has 0 bridgehead atoms. The lowest BCUT2D eigenvalue weighted by Gasteiger charge is -2.27. The van der Waals surface area contributed by atoms with Gasteiger partial charge in [-0.2, -0.15) is 16.9 Å². The van der Waals surface area contributed by atoms with Crippen molar-refractivity contribution < 1.29 is 4.79 Å². The largest absolute Gasteiger partial charge is 0.335 e. The van der Waals surface area contributed by atoms with Crippen molar-refractivity contribution in [2.75, 3.05) is 18.1 Å². The van der Waals surface area contributed by atoms with Crippen LogP contribution >= 0.6 is 11.8 Å². The number of H-pyrrole nitrogens is 1. The summed E-state index contributed by atoms with van der Waals surface area (Å²) in [6.07, 6.45) is 0.970. The molecule has 5 nitrogen and oxygen atoms in total. The highest BCUT2D eigenvalue weighted by molar-refractivity contribution is 7.99. The molecule has 0 saturated carbocycles. The summed E-state index contributed by atoms with van der Waals surface area (Å²) in [5.41, 5.74) is 1.22. The number of hydrogen-bond acceptors (Lipinski definition) is 4. The Balaban J connectivity index is 2.38. The van der Waals surface area contributed by atoms with Crippen molar-refractivity contribution in [1.82, 2.24) is 15.1 Å². The number of rotatable bonds is 1. The van der Waals surface area contributed by atoms with Crippen LogP contribution in [0, 0.1) is 13.8 Å². The fourth-order valence-corrected chi connectivity index (χ4v) is 3.26. The quantitative estimate of drug-likeness (QED) is 0.844. The Morgan fingerprint density at radius 2 is 2.16 bits per heavy atom. The molecule has 1 N–H and O–H groups in total. The van der Waals surface area contributed by atoms with Gasteiger partial charge in [0.15, 0.2) is 0 Å². The van der Waals surface area contributed by atoms with Gasteiger partial charge in [0.05, 0.1) is 5.69 Å². The van der Waals surface area contributed by atoms with Crippen LogP contribution in [0.3, 0.4) is 0 Å². The first-order valence-corrected chi connectivity index (χ1v) is 7.62. The van der Waals surface area contributed by atoms with Gasteiger partial charge in [-0.25, -0.2) is 5.10 Å². The van der Waals surface area contributed by atoms with E-state index in [2.05, 4.69) is 10.2 Å². The van der Waals surface area contributed by atoms with Crippen molar-refractivity contribution in [3.63, 3.8) is 0 Å². The van der Waals surface area contributed by atoms with Crippen molar-refractivity contribution in [1.29, 1.82) is 0 Å². The second-order valence-corrected chi connectivity index (χ2v) is 6.11. The van der Waals surface area contributed by atoms with E-state index in [4.69, 9.17) is 0 Å². The highest BCUT2D eigenvalue weighted by Gasteiger charge is 2.27. The molecule has 1 amide bonds. The van der Waals surface area contributed by atoms with Crippen molar-refractivity contribution in [2.45, 2.75) is 33.2 Å². The Labute approximate surface area is 116 Å². The highest BCUT2D eigenvalue weighted by Crippen LogP contribution is 2.19. The fraction of sp³-hybridized carbons (Fsp3) is 0.615. The molecule has 0 aromatic carbocycles. The van der Waals surface area contributed by atoms with Crippen molar-refractivity contribution in [2.24, 2.45) is 0 Å². The van der Waals surface area contributed by atoms with Crippen LogP contribution in [0.15, 0.2) is 4.79 Å². The number of aryl methyl sites for hydroxylation is 1. The number of carbonyl (C=O) groups is 1. The predicted octanol–water partition coefficient (Wildman–Crippen LogP) is 1.35. The number of aromatic nitrogens is 2. The van der Waals surface area contributed by atoms with Crippen LogP contribution in [0.5, 0.6) is 0 Å². The summed E-state index contributed by atoms with van der Waals surface area (Å²) in [5, 5.41) is 6.29. The Hall–Kier alpha value is -1.30. The zero-order valence-electron chi connectivity index (χ0n) is 11.5. The van der Waals surface area contributed by atoms with Crippen molar-refractivity contribution in [3.8, 4) is 0 Å². The van der Waals surface area contributed by atoms with Crippen LogP contribution in [-0.4, -0.2) is 45.1 Å². The maximum Gasteiger partial charge on any atom is 0.277 e. The number of aromatic amines is 1. The third-order valence-electron chi connectivity index (χ3n) is 3.63. The van der Waals surface area contributed by atoms with Crippen LogP contribution in [0.2, 0.25) is 0 Å². The lowest BCUT2D eigenvalue weighted by atomic mass is 10.1. The van der Waals surface area contributed by atoms with Crippen LogP contribution in [0.1, 0.15) is 35.0 Å². The zero-order valence-corrected chi connectivity index (χ0v) is 12.3. The van der Waals surface area contributed by atoms with E-state index in [0.717, 1.165) is 17.9 Å². The number of hydrogen-bond donors (Lipinski definition) is 1. The zero-order chi connectivity index (χ0) is 14.0. The van der Waals surface area contributed by atoms with Crippen molar-refractivity contribution in [3.05, 3.63) is 27.2 Å². The minimum Gasteiger partial charge on any atom is -0.335 e. The first-order valence-electron chi connectivity index (χ1n) is 6.47. The van der Waals surface area contributed by atoms with E-state index in [0.29, 0.717) is 17.8 Å². The molecule has 104 valence electrons. The lowest BCUT2D eigenvalue weighted by Crippen LogP contribution is -2.42. The van der Waals surface area contributed by atoms with E-state index in [1.807, 2.05) is 23.6 Å². The maximum absolute atomic E-state index is 12.6. The molecule has 1 aromatic heterocycles. The lowest BCUT2D eigenvalue weighted by molar-refractivity contribution is 0.0703. The second kappa shape index (κ2) is 5.77. The third-order valence-corrected chi connectivity index (χ3v) is 4.63. The molecule has 1 aliphatic rings. The van der Waals surface area contributed by atoms with Gasteiger partial charge in [0.1, 0.15) is 5.56 Å². The molecule has 19 heavy (non-hydrogen) atoms. The number of nitrogens with one attached hydrogen (secondary N) is 1. The minimum absolute atomic E-state index is 0.167. The maximum atomic E-state index is 12.6. The molecular formula is C13H19N3O2S. The number of thioether (sulfide) groups is 1. The minimum atomic E-state index is -0.391. The van der Waals surface area contributed by atoms with Gasteiger partial charge in [0, 0.05) is 18.3 Å². The first kappa shape index (κ1) is 14.1. The molecule has 1 saturated heterocycles. The topological polar surface area (TPSA) is 66.1 Å². The van der Waals surface area contributed by atoms with Gasteiger partial charge in [-0.15, -0.1) is 0 Å². The van der Waals surface area contributed by atoms with Gasteiger partial charge in [0.25, 0.3) is 11.5 Å². The van der Waals surface area contributed by atoms with Gasteiger partial charge in [-0.1, -0.05) is 0 Å². The summed E-state index contributed by atoms with van der Waals surface area (Å²) >= 11 is 1.86. The summed E-state index contributed by atoms with van der Waals surface area (Å²) in [7, 11) is 0. The van der Waals surface area contributed by atoms with Gasteiger partial charge in [0.2, 0.25) is 0 Å². The summed E-state index contributed by atoms with van der Waals surface area (Å²) in [5.74, 6) is 1.83. The van der Waals surface area contributed by atoms with Crippen LogP contribution < -0.4 is 5.56 Å². The van der Waals surface area contributed by atoms with Crippen LogP contribution in [0.4, 0.5) is 0 Å². The molecule has 2 heterocycles. The molecular weight excluding hydrogens is 262 g/mol. The first-order chi connectivity index (χ1) is 9.02. The Bertz CT molecular complexity index is 541. The summed E-state index contributed by atoms with van der Waals surface area (Å²) in [4.78, 5) is 26.3. The van der Waals surface area contributed by atoms with E-state index >= 15 is 0 Å². The molecule has 1 unspecified atom stereocenters. The van der Waals surface area contributed by atoms with Gasteiger partial charge in [-0.05, 0) is 38.5 Å². The highest BCUT2D eigenvalue weighted by atomic mass is 32.2. The van der Waals surface area contributed by atoms with Crippen LogP contribution in [0.25, 0.3) is 0 Å². The average Bonchev–Trinajstić information content (AvgIpc) is 2.59. The number of nitrogens with zero attached hydrogens (tertiary/aromatic N) is 2. The van der Waals surface area contributed by atoms with E-state index in [1.54, 1.807) is 13.8 Å². The summed E-state index contributed by atoms with van der Waals surface area (Å²) in [6.45, 7) is 6.32. The monoisotopic (exact) mass is 281 g/mol. The molecule has 1 fully saturated rings. The molecule has 2 rings (SSSR count). The molecule has 6 heteroatoms. The van der Waals surface area contributed by atoms with Crippen LogP contribution in [-0.2, 0) is 0 Å². The number of carbonyl (C=O) groups excluding carboxylic acids is 1. The molecule has 0 aliphatic carbocycles. The molecule has 1 aromatic rings. The van der Waals surface area contributed by atoms with E-state index in [-0.39, 0.29) is 17.5 Å². The average molecular weight is 281 g/mol. The van der Waals surface area contributed by atoms with Gasteiger partial charge >= 0.3 is 0 Å². The predicted molar refractivity (Wildman–Crippen MR) is 76.8 cm³/mol. The number of amides is 1. The smallest absolute Gasteiger partial charge is 0.277 e. The second-order valence-electron chi connectivity index (χ2n) is 4.89. The molecule has 0 spiro atoms. The van der Waals surface area contributed by atoms with Gasteiger partial charge < -0.3 is 4.90 Å². The molecule has 0 radical (unpaired) electrons. The molecule has 1 atom stereocenters. The van der Waals surface area contributed by atoms with E-state index in [1.165, 1.54) is 0 Å². The summed E-state index contributed by atoms with van der Waals surface area (Å²) < 4.78 is 0. The SMILES string of the molecule is Cc1n[nH]c(=O)c(C(=O)N2CCSCCC2C)c1C. The molecule has 1 aliphatic heterocycles. The van der Waals surface area contributed by atoms with E-state index in [9.17, 15) is 9.59 Å². The third kappa shape index (κ3) is 2.83. The normalized spacial score (nSPS) is 20.2.